The first-order valence-electron chi connectivity index (χ1n) is 7.29. The minimum Gasteiger partial charge on any atom is -0.267 e. The number of carbonyl (C=O) groups excluding carboxylic acids is 1. The Kier molecular flexibility index (Phi) is 5.73. The quantitative estimate of drug-likeness (QED) is 0.637. The van der Waals surface area contributed by atoms with Crippen LogP contribution in [0.4, 0.5) is 0 Å². The Morgan fingerprint density at radius 1 is 1.14 bits per heavy atom. The van der Waals surface area contributed by atoms with Gasteiger partial charge < -0.3 is 0 Å². The summed E-state index contributed by atoms with van der Waals surface area (Å²) in [6, 6.07) is 14.9. The molecule has 0 aliphatic carbocycles. The Morgan fingerprint density at radius 2 is 1.86 bits per heavy atom. The van der Waals surface area contributed by atoms with Crippen molar-refractivity contribution in [3.8, 4) is 0 Å². The molecule has 22 heavy (non-hydrogen) atoms. The summed E-state index contributed by atoms with van der Waals surface area (Å²) in [5.74, 6) is -0.261. The maximum Gasteiger partial charge on any atom is 0.271 e. The highest BCUT2D eigenvalue weighted by atomic mass is 35.5. The van der Waals surface area contributed by atoms with E-state index in [9.17, 15) is 4.79 Å². The molecule has 1 N–H and O–H groups in total. The minimum atomic E-state index is -0.261. The van der Waals surface area contributed by atoms with Crippen molar-refractivity contribution >= 4 is 23.2 Å². The van der Waals surface area contributed by atoms with Gasteiger partial charge >= 0.3 is 0 Å². The molecule has 3 nitrogen and oxygen atoms in total. The molecular weight excluding hydrogens is 296 g/mol. The number of rotatable bonds is 5. The van der Waals surface area contributed by atoms with Crippen LogP contribution < -0.4 is 5.43 Å². The molecule has 0 saturated carbocycles. The number of halogens is 1. The average Bonchev–Trinajstić information content (AvgIpc) is 2.52. The van der Waals surface area contributed by atoms with Crippen molar-refractivity contribution < 1.29 is 4.79 Å². The summed E-state index contributed by atoms with van der Waals surface area (Å²) in [5.41, 5.74) is 6.21. The summed E-state index contributed by atoms with van der Waals surface area (Å²) in [4.78, 5) is 12.1. The fourth-order valence-electron chi connectivity index (χ4n) is 2.06. The van der Waals surface area contributed by atoms with Gasteiger partial charge in [-0.1, -0.05) is 60.8 Å². The van der Waals surface area contributed by atoms with E-state index in [0.717, 1.165) is 24.1 Å². The molecule has 0 unspecified atom stereocenters. The van der Waals surface area contributed by atoms with Gasteiger partial charge in [-0.2, -0.15) is 5.10 Å². The first kappa shape index (κ1) is 16.2. The molecule has 0 aliphatic rings. The summed E-state index contributed by atoms with van der Waals surface area (Å²) in [6.45, 7) is 4.13. The molecule has 0 saturated heterocycles. The van der Waals surface area contributed by atoms with Crippen molar-refractivity contribution in [2.75, 3.05) is 0 Å². The van der Waals surface area contributed by atoms with Gasteiger partial charge in [0.05, 0.1) is 5.71 Å². The number of nitrogens with one attached hydrogen (secondary N) is 1. The van der Waals surface area contributed by atoms with Crippen LogP contribution in [0.5, 0.6) is 0 Å². The number of hydrazone groups is 1. The number of aryl methyl sites for hydroxylation is 1. The average molecular weight is 315 g/mol. The Hall–Kier alpha value is -2.13. The SMILES string of the molecule is CCC/C(=N\NC(=O)c1cccc(Cl)c1)c1ccc(C)cc1. The van der Waals surface area contributed by atoms with E-state index in [2.05, 4.69) is 17.5 Å². The summed E-state index contributed by atoms with van der Waals surface area (Å²) in [5, 5.41) is 4.82. The van der Waals surface area contributed by atoms with Crippen LogP contribution in [0.2, 0.25) is 5.02 Å². The van der Waals surface area contributed by atoms with Gasteiger partial charge in [0.2, 0.25) is 0 Å². The first-order valence-corrected chi connectivity index (χ1v) is 7.67. The molecule has 0 aromatic heterocycles. The van der Waals surface area contributed by atoms with E-state index in [1.165, 1.54) is 5.56 Å². The van der Waals surface area contributed by atoms with Crippen molar-refractivity contribution in [1.82, 2.24) is 5.43 Å². The predicted octanol–water partition coefficient (Wildman–Crippen LogP) is 4.58. The predicted molar refractivity (Wildman–Crippen MR) is 91.5 cm³/mol. The molecular formula is C18H19ClN2O. The van der Waals surface area contributed by atoms with E-state index < -0.39 is 0 Å². The van der Waals surface area contributed by atoms with Crippen molar-refractivity contribution in [3.05, 3.63) is 70.2 Å². The number of amides is 1. The Labute approximate surface area is 136 Å². The minimum absolute atomic E-state index is 0.261. The second-order valence-corrected chi connectivity index (χ2v) is 5.56. The van der Waals surface area contributed by atoms with E-state index in [0.29, 0.717) is 10.6 Å². The van der Waals surface area contributed by atoms with Crippen LogP contribution in [0.1, 0.15) is 41.3 Å². The van der Waals surface area contributed by atoms with Crippen LogP contribution in [0.25, 0.3) is 0 Å². The molecule has 0 heterocycles. The zero-order valence-electron chi connectivity index (χ0n) is 12.8. The summed E-state index contributed by atoms with van der Waals surface area (Å²) in [7, 11) is 0. The number of hydrogen-bond donors (Lipinski definition) is 1. The lowest BCUT2D eigenvalue weighted by atomic mass is 10.0. The normalized spacial score (nSPS) is 11.3. The molecule has 0 radical (unpaired) electrons. The molecule has 0 fully saturated rings. The molecule has 1 amide bonds. The number of hydrogen-bond acceptors (Lipinski definition) is 2. The second-order valence-electron chi connectivity index (χ2n) is 5.13. The smallest absolute Gasteiger partial charge is 0.267 e. The maximum atomic E-state index is 12.1. The van der Waals surface area contributed by atoms with Crippen molar-refractivity contribution in [2.24, 2.45) is 5.10 Å². The molecule has 4 heteroatoms. The highest BCUT2D eigenvalue weighted by Crippen LogP contribution is 2.11. The van der Waals surface area contributed by atoms with Crippen LogP contribution >= 0.6 is 11.6 Å². The highest BCUT2D eigenvalue weighted by Gasteiger charge is 2.07. The van der Waals surface area contributed by atoms with Gasteiger partial charge in [0.1, 0.15) is 0 Å². The molecule has 0 bridgehead atoms. The van der Waals surface area contributed by atoms with Gasteiger partial charge in [-0.15, -0.1) is 0 Å². The summed E-state index contributed by atoms with van der Waals surface area (Å²) >= 11 is 5.90. The molecule has 0 atom stereocenters. The fourth-order valence-corrected chi connectivity index (χ4v) is 2.25. The van der Waals surface area contributed by atoms with Crippen LogP contribution in [0.15, 0.2) is 53.6 Å². The fraction of sp³-hybridized carbons (Fsp3) is 0.222. The Morgan fingerprint density at radius 3 is 2.50 bits per heavy atom. The lowest BCUT2D eigenvalue weighted by molar-refractivity contribution is 0.0955. The van der Waals surface area contributed by atoms with Crippen LogP contribution in [0, 0.1) is 6.92 Å². The monoisotopic (exact) mass is 314 g/mol. The van der Waals surface area contributed by atoms with E-state index in [-0.39, 0.29) is 5.91 Å². The number of carbonyl (C=O) groups is 1. The summed E-state index contributed by atoms with van der Waals surface area (Å²) in [6.07, 6.45) is 1.76. The molecule has 2 aromatic rings. The molecule has 0 aliphatic heterocycles. The zero-order valence-corrected chi connectivity index (χ0v) is 13.5. The van der Waals surface area contributed by atoms with Gasteiger partial charge in [-0.25, -0.2) is 5.43 Å². The zero-order chi connectivity index (χ0) is 15.9. The summed E-state index contributed by atoms with van der Waals surface area (Å²) < 4.78 is 0. The Bertz CT molecular complexity index is 678. The molecule has 114 valence electrons. The number of nitrogens with zero attached hydrogens (tertiary/aromatic N) is 1. The van der Waals surface area contributed by atoms with E-state index >= 15 is 0 Å². The van der Waals surface area contributed by atoms with Crippen LogP contribution in [0.3, 0.4) is 0 Å². The lowest BCUT2D eigenvalue weighted by Crippen LogP contribution is -2.20. The molecule has 2 rings (SSSR count). The van der Waals surface area contributed by atoms with Crippen molar-refractivity contribution in [2.45, 2.75) is 26.7 Å². The van der Waals surface area contributed by atoms with Gasteiger partial charge in [-0.3, -0.25) is 4.79 Å². The maximum absolute atomic E-state index is 12.1. The van der Waals surface area contributed by atoms with Crippen molar-refractivity contribution in [3.63, 3.8) is 0 Å². The van der Waals surface area contributed by atoms with Gasteiger partial charge in [0, 0.05) is 10.6 Å². The molecule has 2 aromatic carbocycles. The topological polar surface area (TPSA) is 41.5 Å². The Balaban J connectivity index is 2.16. The van der Waals surface area contributed by atoms with Crippen LogP contribution in [-0.2, 0) is 0 Å². The first-order chi connectivity index (χ1) is 10.6. The van der Waals surface area contributed by atoms with Crippen LogP contribution in [-0.4, -0.2) is 11.6 Å². The number of benzene rings is 2. The standard InChI is InChI=1S/C18H19ClN2O/c1-3-5-17(14-10-8-13(2)9-11-14)20-21-18(22)15-6-4-7-16(19)12-15/h4,6-12H,3,5H2,1-2H3,(H,21,22)/b20-17+. The van der Waals surface area contributed by atoms with Crippen molar-refractivity contribution in [1.29, 1.82) is 0 Å². The third kappa shape index (κ3) is 4.43. The largest absolute Gasteiger partial charge is 0.271 e. The van der Waals surface area contributed by atoms with E-state index in [4.69, 9.17) is 11.6 Å². The van der Waals surface area contributed by atoms with E-state index in [1.54, 1.807) is 24.3 Å². The third-order valence-electron chi connectivity index (χ3n) is 3.25. The second kappa shape index (κ2) is 7.76. The van der Waals surface area contributed by atoms with E-state index in [1.807, 2.05) is 31.2 Å². The van der Waals surface area contributed by atoms with Gasteiger partial charge in [-0.05, 0) is 37.1 Å². The molecule has 0 spiro atoms. The van der Waals surface area contributed by atoms with Gasteiger partial charge in [0.15, 0.2) is 0 Å². The van der Waals surface area contributed by atoms with Gasteiger partial charge in [0.25, 0.3) is 5.91 Å². The third-order valence-corrected chi connectivity index (χ3v) is 3.49. The highest BCUT2D eigenvalue weighted by molar-refractivity contribution is 6.30. The lowest BCUT2D eigenvalue weighted by Gasteiger charge is -2.07.